The van der Waals surface area contributed by atoms with E-state index in [2.05, 4.69) is 29.5 Å². The third-order valence-corrected chi connectivity index (χ3v) is 2.73. The van der Waals surface area contributed by atoms with Crippen LogP contribution < -0.4 is 15.4 Å². The van der Waals surface area contributed by atoms with Gasteiger partial charge in [0, 0.05) is 32.7 Å². The molecule has 2 N–H and O–H groups in total. The molecule has 0 radical (unpaired) electrons. The number of rotatable bonds is 9. The monoisotopic (exact) mass is 421 g/mol. The lowest BCUT2D eigenvalue weighted by atomic mass is 10.3. The normalized spacial score (nSPS) is 12.2. The van der Waals surface area contributed by atoms with Crippen molar-refractivity contribution in [3.8, 4) is 5.75 Å². The molecule has 1 rings (SSSR count). The highest BCUT2D eigenvalue weighted by Crippen LogP contribution is 2.08. The van der Waals surface area contributed by atoms with Crippen molar-refractivity contribution in [3.05, 3.63) is 30.3 Å². The molecule has 0 aliphatic carbocycles. The maximum atomic E-state index is 5.64. The largest absolute Gasteiger partial charge is 0.494 e. The van der Waals surface area contributed by atoms with Gasteiger partial charge >= 0.3 is 0 Å². The van der Waals surface area contributed by atoms with Crippen LogP contribution in [0.3, 0.4) is 0 Å². The second-order valence-corrected chi connectivity index (χ2v) is 4.78. The average Bonchev–Trinajstić information content (AvgIpc) is 2.48. The maximum Gasteiger partial charge on any atom is 0.191 e. The van der Waals surface area contributed by atoms with Crippen LogP contribution in [0.25, 0.3) is 0 Å². The number of halogens is 1. The zero-order valence-corrected chi connectivity index (χ0v) is 16.0. The highest BCUT2D eigenvalue weighted by atomic mass is 127. The molecule has 5 nitrogen and oxygen atoms in total. The summed E-state index contributed by atoms with van der Waals surface area (Å²) < 4.78 is 10.7. The van der Waals surface area contributed by atoms with Crippen LogP contribution in [0.5, 0.6) is 5.75 Å². The standard InChI is InChI=1S/C16H27N3O2.HI/c1-4-17-16(19-14(2)13-20-3)18-11-8-12-21-15-9-6-5-7-10-15;/h5-7,9-10,14H,4,8,11-13H2,1-3H3,(H2,17,18,19);1H. The Morgan fingerprint density at radius 3 is 2.64 bits per heavy atom. The minimum atomic E-state index is 0. The number of aliphatic imine (C=N–C) groups is 1. The predicted octanol–water partition coefficient (Wildman–Crippen LogP) is 2.66. The second kappa shape index (κ2) is 13.6. The molecule has 0 saturated heterocycles. The van der Waals surface area contributed by atoms with E-state index in [1.807, 2.05) is 30.3 Å². The number of nitrogens with one attached hydrogen (secondary N) is 2. The minimum absolute atomic E-state index is 0. The number of methoxy groups -OCH3 is 1. The van der Waals surface area contributed by atoms with Gasteiger partial charge in [0.05, 0.1) is 13.2 Å². The molecule has 0 aromatic heterocycles. The van der Waals surface area contributed by atoms with E-state index in [4.69, 9.17) is 9.47 Å². The molecule has 126 valence electrons. The Hall–Kier alpha value is -1.02. The van der Waals surface area contributed by atoms with Gasteiger partial charge in [-0.15, -0.1) is 24.0 Å². The van der Waals surface area contributed by atoms with Crippen LogP contribution >= 0.6 is 24.0 Å². The molecule has 0 aliphatic heterocycles. The van der Waals surface area contributed by atoms with Crippen molar-refractivity contribution in [2.45, 2.75) is 26.3 Å². The molecule has 0 spiro atoms. The van der Waals surface area contributed by atoms with Gasteiger partial charge in [0.15, 0.2) is 5.96 Å². The molecule has 22 heavy (non-hydrogen) atoms. The third-order valence-electron chi connectivity index (χ3n) is 2.73. The molecule has 1 aromatic rings. The summed E-state index contributed by atoms with van der Waals surface area (Å²) in [7, 11) is 1.70. The molecule has 0 fully saturated rings. The molecular formula is C16H28IN3O2. The fourth-order valence-electron chi connectivity index (χ4n) is 1.81. The van der Waals surface area contributed by atoms with E-state index >= 15 is 0 Å². The van der Waals surface area contributed by atoms with E-state index < -0.39 is 0 Å². The lowest BCUT2D eigenvalue weighted by Crippen LogP contribution is -2.44. The Morgan fingerprint density at radius 1 is 1.27 bits per heavy atom. The van der Waals surface area contributed by atoms with Crippen LogP contribution in [-0.2, 0) is 4.74 Å². The molecule has 0 amide bonds. The van der Waals surface area contributed by atoms with E-state index in [-0.39, 0.29) is 30.0 Å². The summed E-state index contributed by atoms with van der Waals surface area (Å²) in [5.74, 6) is 1.72. The summed E-state index contributed by atoms with van der Waals surface area (Å²) in [6.45, 7) is 7.00. The Bertz CT molecular complexity index is 402. The number of nitrogens with zero attached hydrogens (tertiary/aromatic N) is 1. The fraction of sp³-hybridized carbons (Fsp3) is 0.562. The fourth-order valence-corrected chi connectivity index (χ4v) is 1.81. The first-order chi connectivity index (χ1) is 10.3. The van der Waals surface area contributed by atoms with Crippen molar-refractivity contribution in [2.75, 3.05) is 33.4 Å². The molecular weight excluding hydrogens is 393 g/mol. The van der Waals surface area contributed by atoms with Crippen LogP contribution in [-0.4, -0.2) is 45.4 Å². The van der Waals surface area contributed by atoms with Gasteiger partial charge in [-0.3, -0.25) is 4.99 Å². The highest BCUT2D eigenvalue weighted by Gasteiger charge is 2.03. The number of guanidine groups is 1. The van der Waals surface area contributed by atoms with Crippen LogP contribution in [0.15, 0.2) is 35.3 Å². The molecule has 0 heterocycles. The Morgan fingerprint density at radius 2 is 2.00 bits per heavy atom. The zero-order valence-electron chi connectivity index (χ0n) is 13.7. The molecule has 0 aliphatic rings. The van der Waals surface area contributed by atoms with Gasteiger partial charge in [-0.2, -0.15) is 0 Å². The second-order valence-electron chi connectivity index (χ2n) is 4.78. The lowest BCUT2D eigenvalue weighted by Gasteiger charge is -2.16. The molecule has 1 atom stereocenters. The lowest BCUT2D eigenvalue weighted by molar-refractivity contribution is 0.179. The minimum Gasteiger partial charge on any atom is -0.494 e. The van der Waals surface area contributed by atoms with Gasteiger partial charge in [-0.25, -0.2) is 0 Å². The SMILES string of the molecule is CCNC(=NCCCOc1ccccc1)NC(C)COC.I. The van der Waals surface area contributed by atoms with Gasteiger partial charge in [-0.1, -0.05) is 18.2 Å². The summed E-state index contributed by atoms with van der Waals surface area (Å²) in [5, 5.41) is 6.52. The van der Waals surface area contributed by atoms with E-state index in [0.29, 0.717) is 13.2 Å². The quantitative estimate of drug-likeness (QED) is 0.279. The van der Waals surface area contributed by atoms with Gasteiger partial charge in [-0.05, 0) is 26.0 Å². The van der Waals surface area contributed by atoms with E-state index in [0.717, 1.165) is 31.2 Å². The number of ether oxygens (including phenoxy) is 2. The van der Waals surface area contributed by atoms with Crippen molar-refractivity contribution < 1.29 is 9.47 Å². The van der Waals surface area contributed by atoms with Gasteiger partial charge in [0.2, 0.25) is 0 Å². The van der Waals surface area contributed by atoms with Crippen molar-refractivity contribution in [1.29, 1.82) is 0 Å². The highest BCUT2D eigenvalue weighted by molar-refractivity contribution is 14.0. The Balaban J connectivity index is 0.00000441. The summed E-state index contributed by atoms with van der Waals surface area (Å²) in [4.78, 5) is 4.53. The van der Waals surface area contributed by atoms with Crippen molar-refractivity contribution in [1.82, 2.24) is 10.6 Å². The molecule has 1 aromatic carbocycles. The number of para-hydroxylation sites is 1. The van der Waals surface area contributed by atoms with Crippen LogP contribution in [0, 0.1) is 0 Å². The Labute approximate surface area is 150 Å². The first kappa shape index (κ1) is 21.0. The summed E-state index contributed by atoms with van der Waals surface area (Å²) >= 11 is 0. The topological polar surface area (TPSA) is 54.9 Å². The van der Waals surface area contributed by atoms with E-state index in [1.165, 1.54) is 0 Å². The van der Waals surface area contributed by atoms with Gasteiger partial charge < -0.3 is 20.1 Å². The summed E-state index contributed by atoms with van der Waals surface area (Å²) in [6.07, 6.45) is 0.879. The first-order valence-corrected chi connectivity index (χ1v) is 7.48. The summed E-state index contributed by atoms with van der Waals surface area (Å²) in [5.41, 5.74) is 0. The molecule has 0 bridgehead atoms. The smallest absolute Gasteiger partial charge is 0.191 e. The Kier molecular flexibility index (Phi) is 13.0. The third kappa shape index (κ3) is 9.83. The van der Waals surface area contributed by atoms with Crippen LogP contribution in [0.1, 0.15) is 20.3 Å². The van der Waals surface area contributed by atoms with Crippen LogP contribution in [0.4, 0.5) is 0 Å². The van der Waals surface area contributed by atoms with Crippen molar-refractivity contribution in [3.63, 3.8) is 0 Å². The van der Waals surface area contributed by atoms with E-state index in [9.17, 15) is 0 Å². The van der Waals surface area contributed by atoms with Gasteiger partial charge in [0.25, 0.3) is 0 Å². The number of benzene rings is 1. The zero-order chi connectivity index (χ0) is 15.3. The molecule has 6 heteroatoms. The number of hydrogen-bond donors (Lipinski definition) is 2. The van der Waals surface area contributed by atoms with Crippen molar-refractivity contribution >= 4 is 29.9 Å². The van der Waals surface area contributed by atoms with E-state index in [1.54, 1.807) is 7.11 Å². The molecule has 1 unspecified atom stereocenters. The average molecular weight is 421 g/mol. The first-order valence-electron chi connectivity index (χ1n) is 7.48. The summed E-state index contributed by atoms with van der Waals surface area (Å²) in [6, 6.07) is 10.1. The van der Waals surface area contributed by atoms with Crippen LogP contribution in [0.2, 0.25) is 0 Å². The number of hydrogen-bond acceptors (Lipinski definition) is 3. The maximum absolute atomic E-state index is 5.64. The van der Waals surface area contributed by atoms with Gasteiger partial charge in [0.1, 0.15) is 5.75 Å². The molecule has 0 saturated carbocycles. The van der Waals surface area contributed by atoms with Crippen molar-refractivity contribution in [2.24, 2.45) is 4.99 Å². The predicted molar refractivity (Wildman–Crippen MR) is 102 cm³/mol.